The fraction of sp³-hybridized carbons (Fsp3) is 0.455. The number of aliphatic hydroxyl groups is 1. The number of sulfonamides is 1. The SMILES string of the molecule is CCC(O)CCNS(=O)(=O)c1c(Cl)cc(N)cc1Cl. The molecule has 0 aliphatic rings. The second-order valence-electron chi connectivity index (χ2n) is 4.06. The fourth-order valence-corrected chi connectivity index (χ4v) is 3.75. The molecule has 1 aromatic carbocycles. The molecule has 4 N–H and O–H groups in total. The molecule has 1 aromatic rings. The van der Waals surface area contributed by atoms with E-state index < -0.39 is 16.1 Å². The van der Waals surface area contributed by atoms with Crippen LogP contribution < -0.4 is 10.5 Å². The molecule has 0 heterocycles. The zero-order valence-corrected chi connectivity index (χ0v) is 12.7. The first-order chi connectivity index (χ1) is 8.77. The minimum absolute atomic E-state index is 0.0338. The monoisotopic (exact) mass is 326 g/mol. The number of hydrogen-bond acceptors (Lipinski definition) is 4. The summed E-state index contributed by atoms with van der Waals surface area (Å²) in [6.45, 7) is 1.92. The van der Waals surface area contributed by atoms with Gasteiger partial charge in [-0.1, -0.05) is 30.1 Å². The molecular formula is C11H16Cl2N2O3S. The van der Waals surface area contributed by atoms with Gasteiger partial charge in [0.15, 0.2) is 0 Å². The number of nitrogens with one attached hydrogen (secondary N) is 1. The van der Waals surface area contributed by atoms with Crippen LogP contribution in [0.15, 0.2) is 17.0 Å². The van der Waals surface area contributed by atoms with Crippen LogP contribution in [0.5, 0.6) is 0 Å². The molecule has 1 unspecified atom stereocenters. The number of benzene rings is 1. The van der Waals surface area contributed by atoms with Crippen molar-refractivity contribution in [2.75, 3.05) is 12.3 Å². The molecule has 0 aliphatic heterocycles. The van der Waals surface area contributed by atoms with Gasteiger partial charge in [0.1, 0.15) is 4.90 Å². The van der Waals surface area contributed by atoms with Crippen LogP contribution in [-0.4, -0.2) is 26.2 Å². The van der Waals surface area contributed by atoms with E-state index >= 15 is 0 Å². The molecule has 1 atom stereocenters. The fourth-order valence-electron chi connectivity index (χ4n) is 1.47. The molecule has 0 spiro atoms. The Morgan fingerprint density at radius 1 is 1.37 bits per heavy atom. The molecule has 0 amide bonds. The largest absolute Gasteiger partial charge is 0.399 e. The van der Waals surface area contributed by atoms with Crippen molar-refractivity contribution in [1.82, 2.24) is 4.72 Å². The Kier molecular flexibility index (Phi) is 5.88. The number of nitrogens with two attached hydrogens (primary N) is 1. The highest BCUT2D eigenvalue weighted by atomic mass is 35.5. The van der Waals surface area contributed by atoms with Crippen LogP contribution >= 0.6 is 23.2 Å². The zero-order valence-electron chi connectivity index (χ0n) is 10.4. The van der Waals surface area contributed by atoms with Crippen molar-refractivity contribution in [2.24, 2.45) is 0 Å². The average molecular weight is 327 g/mol. The van der Waals surface area contributed by atoms with Crippen LogP contribution in [-0.2, 0) is 10.0 Å². The van der Waals surface area contributed by atoms with E-state index in [1.165, 1.54) is 12.1 Å². The number of hydrogen-bond donors (Lipinski definition) is 3. The van der Waals surface area contributed by atoms with Gasteiger partial charge in [-0.25, -0.2) is 13.1 Å². The summed E-state index contributed by atoms with van der Waals surface area (Å²) in [5, 5.41) is 9.30. The maximum Gasteiger partial charge on any atom is 0.243 e. The first kappa shape index (κ1) is 16.5. The molecule has 19 heavy (non-hydrogen) atoms. The van der Waals surface area contributed by atoms with Gasteiger partial charge in [-0.15, -0.1) is 0 Å². The Labute approximate surface area is 122 Å². The normalized spacial score (nSPS) is 13.5. The first-order valence-electron chi connectivity index (χ1n) is 5.70. The Bertz CT molecular complexity index is 526. The van der Waals surface area contributed by atoms with Crippen molar-refractivity contribution in [3.63, 3.8) is 0 Å². The molecule has 0 saturated carbocycles. The Hall–Kier alpha value is -0.530. The van der Waals surface area contributed by atoms with Crippen molar-refractivity contribution in [2.45, 2.75) is 30.8 Å². The van der Waals surface area contributed by atoms with Gasteiger partial charge in [-0.05, 0) is 25.0 Å². The van der Waals surface area contributed by atoms with Crippen LogP contribution in [0.1, 0.15) is 19.8 Å². The van der Waals surface area contributed by atoms with E-state index in [9.17, 15) is 13.5 Å². The van der Waals surface area contributed by atoms with Crippen LogP contribution in [0.3, 0.4) is 0 Å². The van der Waals surface area contributed by atoms with E-state index in [-0.39, 0.29) is 27.2 Å². The third-order valence-corrected chi connectivity index (χ3v) is 4.91. The standard InChI is InChI=1S/C11H16Cl2N2O3S/c1-2-8(16)3-4-15-19(17,18)11-9(12)5-7(14)6-10(11)13/h5-6,8,15-16H,2-4,14H2,1H3. The lowest BCUT2D eigenvalue weighted by Gasteiger charge is -2.12. The van der Waals surface area contributed by atoms with Gasteiger partial charge in [-0.2, -0.15) is 0 Å². The summed E-state index contributed by atoms with van der Waals surface area (Å²) in [6, 6.07) is 2.64. The molecule has 1 rings (SSSR count). The van der Waals surface area contributed by atoms with Crippen LogP contribution in [0.4, 0.5) is 5.69 Å². The summed E-state index contributed by atoms with van der Waals surface area (Å²) < 4.78 is 26.4. The van der Waals surface area contributed by atoms with Crippen molar-refractivity contribution in [1.29, 1.82) is 0 Å². The quantitative estimate of drug-likeness (QED) is 0.697. The minimum atomic E-state index is -3.82. The summed E-state index contributed by atoms with van der Waals surface area (Å²) in [5.74, 6) is 0. The van der Waals surface area contributed by atoms with Gasteiger partial charge < -0.3 is 10.8 Å². The van der Waals surface area contributed by atoms with Crippen LogP contribution in [0, 0.1) is 0 Å². The third kappa shape index (κ3) is 4.50. The van der Waals surface area contributed by atoms with E-state index in [0.29, 0.717) is 12.8 Å². The predicted octanol–water partition coefficient (Wildman–Crippen LogP) is 2.01. The number of halogens is 2. The summed E-state index contributed by atoms with van der Waals surface area (Å²) in [5.41, 5.74) is 5.80. The molecule has 0 fully saturated rings. The topological polar surface area (TPSA) is 92.4 Å². The molecule has 0 saturated heterocycles. The lowest BCUT2D eigenvalue weighted by atomic mass is 10.2. The van der Waals surface area contributed by atoms with Crippen molar-refractivity contribution in [3.8, 4) is 0 Å². The van der Waals surface area contributed by atoms with Gasteiger partial charge in [0, 0.05) is 12.2 Å². The summed E-state index contributed by atoms with van der Waals surface area (Å²) in [7, 11) is -3.82. The highest BCUT2D eigenvalue weighted by Crippen LogP contribution is 2.31. The third-order valence-electron chi connectivity index (χ3n) is 2.53. The van der Waals surface area contributed by atoms with Gasteiger partial charge >= 0.3 is 0 Å². The van der Waals surface area contributed by atoms with Gasteiger partial charge in [-0.3, -0.25) is 0 Å². The van der Waals surface area contributed by atoms with Crippen molar-refractivity contribution in [3.05, 3.63) is 22.2 Å². The van der Waals surface area contributed by atoms with E-state index in [1.54, 1.807) is 0 Å². The summed E-state index contributed by atoms with van der Waals surface area (Å²) in [4.78, 5) is -0.198. The predicted molar refractivity (Wildman–Crippen MR) is 77.0 cm³/mol. The number of rotatable bonds is 6. The molecule has 0 aromatic heterocycles. The molecular weight excluding hydrogens is 311 g/mol. The van der Waals surface area contributed by atoms with Gasteiger partial charge in [0.2, 0.25) is 10.0 Å². The van der Waals surface area contributed by atoms with Crippen LogP contribution in [0.25, 0.3) is 0 Å². The molecule has 0 aliphatic carbocycles. The molecule has 5 nitrogen and oxygen atoms in total. The van der Waals surface area contributed by atoms with Gasteiger partial charge in [0.05, 0.1) is 16.1 Å². The molecule has 0 radical (unpaired) electrons. The number of anilines is 1. The van der Waals surface area contributed by atoms with Crippen LogP contribution in [0.2, 0.25) is 10.0 Å². The highest BCUT2D eigenvalue weighted by molar-refractivity contribution is 7.89. The smallest absolute Gasteiger partial charge is 0.243 e. The average Bonchev–Trinajstić information content (AvgIpc) is 2.26. The summed E-state index contributed by atoms with van der Waals surface area (Å²) in [6.07, 6.45) is 0.338. The van der Waals surface area contributed by atoms with Crippen molar-refractivity contribution >= 4 is 38.9 Å². The Balaban J connectivity index is 2.89. The maximum absolute atomic E-state index is 12.1. The molecule has 0 bridgehead atoms. The van der Waals surface area contributed by atoms with E-state index in [4.69, 9.17) is 28.9 Å². The lowest BCUT2D eigenvalue weighted by Crippen LogP contribution is -2.27. The minimum Gasteiger partial charge on any atom is -0.399 e. The van der Waals surface area contributed by atoms with E-state index in [2.05, 4.69) is 4.72 Å². The first-order valence-corrected chi connectivity index (χ1v) is 7.94. The molecule has 8 heteroatoms. The second kappa shape index (κ2) is 6.76. The zero-order chi connectivity index (χ0) is 14.6. The van der Waals surface area contributed by atoms with E-state index in [0.717, 1.165) is 0 Å². The lowest BCUT2D eigenvalue weighted by molar-refractivity contribution is 0.162. The van der Waals surface area contributed by atoms with E-state index in [1.807, 2.05) is 6.92 Å². The number of nitrogen functional groups attached to an aromatic ring is 1. The second-order valence-corrected chi connectivity index (χ2v) is 6.58. The van der Waals surface area contributed by atoms with Gasteiger partial charge in [0.25, 0.3) is 0 Å². The molecule has 108 valence electrons. The Morgan fingerprint density at radius 3 is 2.37 bits per heavy atom. The Morgan fingerprint density at radius 2 is 1.89 bits per heavy atom. The van der Waals surface area contributed by atoms with Crippen molar-refractivity contribution < 1.29 is 13.5 Å². The maximum atomic E-state index is 12.1. The highest BCUT2D eigenvalue weighted by Gasteiger charge is 2.22. The summed E-state index contributed by atoms with van der Waals surface area (Å²) >= 11 is 11.7. The number of aliphatic hydroxyl groups excluding tert-OH is 1.